The third-order valence-electron chi connectivity index (χ3n) is 4.89. The van der Waals surface area contributed by atoms with Crippen molar-refractivity contribution in [3.8, 4) is 0 Å². The van der Waals surface area contributed by atoms with E-state index in [0.717, 1.165) is 0 Å². The normalized spacial score (nSPS) is 34.1. The maximum atomic E-state index is 3.56. The second kappa shape index (κ2) is 7.54. The van der Waals surface area contributed by atoms with Crippen molar-refractivity contribution < 1.29 is 0 Å². The van der Waals surface area contributed by atoms with Gasteiger partial charge in [-0.15, -0.1) is 0 Å². The Morgan fingerprint density at radius 3 is 1.94 bits per heavy atom. The van der Waals surface area contributed by atoms with Gasteiger partial charge in [0.1, 0.15) is 0 Å². The molecule has 100 valence electrons. The molecule has 3 fully saturated rings. The monoisotopic (exact) mass is 363 g/mol. The van der Waals surface area contributed by atoms with Crippen LogP contribution in [-0.2, 0) is 0 Å². The first kappa shape index (κ1) is 14.4. The minimum absolute atomic E-state index is 1.21. The SMILES string of the molecule is BrCCCC[CH2][Ge]12[CH2]CCN(CC[CH2]1)CC[CH2]2. The Labute approximate surface area is 118 Å². The van der Waals surface area contributed by atoms with Crippen LogP contribution in [0.1, 0.15) is 38.5 Å². The summed E-state index contributed by atoms with van der Waals surface area (Å²) in [4.78, 5) is 2.73. The second-order valence-corrected chi connectivity index (χ2v) is 17.4. The predicted octanol–water partition coefficient (Wildman–Crippen LogP) is 4.50. The van der Waals surface area contributed by atoms with Crippen LogP contribution < -0.4 is 0 Å². The molecule has 1 nitrogen and oxygen atoms in total. The van der Waals surface area contributed by atoms with E-state index in [1.165, 1.54) is 37.8 Å². The number of alkyl halides is 1. The molecule has 0 saturated carbocycles. The van der Waals surface area contributed by atoms with Gasteiger partial charge >= 0.3 is 119 Å². The molecule has 0 spiro atoms. The van der Waals surface area contributed by atoms with E-state index in [2.05, 4.69) is 20.8 Å². The van der Waals surface area contributed by atoms with Gasteiger partial charge in [-0.25, -0.2) is 0 Å². The number of halogens is 1. The Morgan fingerprint density at radius 2 is 1.41 bits per heavy atom. The summed E-state index contributed by atoms with van der Waals surface area (Å²) in [6, 6.07) is 0. The third kappa shape index (κ3) is 4.54. The van der Waals surface area contributed by atoms with Crippen LogP contribution in [0.25, 0.3) is 0 Å². The summed E-state index contributed by atoms with van der Waals surface area (Å²) in [5, 5.41) is 8.01. The predicted molar refractivity (Wildman–Crippen MR) is 82.9 cm³/mol. The Bertz CT molecular complexity index is 196. The van der Waals surface area contributed by atoms with E-state index >= 15 is 0 Å². The van der Waals surface area contributed by atoms with Gasteiger partial charge in [0.05, 0.1) is 0 Å². The zero-order chi connectivity index (χ0) is 12.0. The molecule has 3 rings (SSSR count). The first-order valence-corrected chi connectivity index (χ1v) is 14.7. The van der Waals surface area contributed by atoms with E-state index < -0.39 is 13.3 Å². The van der Waals surface area contributed by atoms with Crippen LogP contribution in [-0.4, -0.2) is 43.1 Å². The molecule has 0 unspecified atom stereocenters. The van der Waals surface area contributed by atoms with Crippen molar-refractivity contribution in [3.63, 3.8) is 0 Å². The fourth-order valence-corrected chi connectivity index (χ4v) is 15.2. The molecule has 17 heavy (non-hydrogen) atoms. The van der Waals surface area contributed by atoms with Crippen LogP contribution in [0, 0.1) is 0 Å². The van der Waals surface area contributed by atoms with Crippen molar-refractivity contribution in [1.82, 2.24) is 4.90 Å². The van der Waals surface area contributed by atoms with Gasteiger partial charge in [-0.1, -0.05) is 0 Å². The number of nitrogens with zero attached hydrogens (tertiary/aromatic N) is 1. The van der Waals surface area contributed by atoms with E-state index in [0.29, 0.717) is 0 Å². The van der Waals surface area contributed by atoms with E-state index in [9.17, 15) is 0 Å². The van der Waals surface area contributed by atoms with E-state index in [-0.39, 0.29) is 0 Å². The molecule has 3 heterocycles. The molecule has 3 saturated heterocycles. The summed E-state index contributed by atoms with van der Waals surface area (Å²) in [5.74, 6) is 0. The van der Waals surface area contributed by atoms with Crippen molar-refractivity contribution in [2.24, 2.45) is 0 Å². The standard InChI is InChI=1S/C14H28BrGeN/c15-7-2-1-3-8-16-9-4-12-17(13-5-10-16)14-6-11-16/h1-14H2. The first-order valence-electron chi connectivity index (χ1n) is 7.63. The number of unbranched alkanes of at least 4 members (excludes halogenated alkanes) is 2. The number of hydrogen-bond donors (Lipinski definition) is 0. The van der Waals surface area contributed by atoms with Crippen molar-refractivity contribution in [2.75, 3.05) is 25.0 Å². The van der Waals surface area contributed by atoms with Gasteiger partial charge in [0.25, 0.3) is 0 Å². The second-order valence-electron chi connectivity index (χ2n) is 6.15. The third-order valence-corrected chi connectivity index (χ3v) is 17.3. The molecule has 0 aromatic rings. The molecule has 0 aromatic carbocycles. The summed E-state index contributed by atoms with van der Waals surface area (Å²) < 4.78 is 0. The molecule has 2 bridgehead atoms. The Hall–Kier alpha value is 0.983. The molecule has 0 amide bonds. The van der Waals surface area contributed by atoms with Crippen LogP contribution in [0.5, 0.6) is 0 Å². The topological polar surface area (TPSA) is 3.24 Å². The maximum absolute atomic E-state index is 3.56. The van der Waals surface area contributed by atoms with E-state index in [1.54, 1.807) is 46.7 Å². The molecule has 0 aromatic heterocycles. The van der Waals surface area contributed by atoms with Crippen LogP contribution in [0.3, 0.4) is 0 Å². The van der Waals surface area contributed by atoms with Crippen molar-refractivity contribution in [1.29, 1.82) is 0 Å². The summed E-state index contributed by atoms with van der Waals surface area (Å²) in [6.07, 6.45) is 9.04. The summed E-state index contributed by atoms with van der Waals surface area (Å²) in [6.45, 7) is 4.28. The molecule has 3 aliphatic heterocycles. The molecule has 3 heteroatoms. The van der Waals surface area contributed by atoms with Crippen LogP contribution in [0.15, 0.2) is 0 Å². The Balaban J connectivity index is 1.85. The van der Waals surface area contributed by atoms with Crippen LogP contribution >= 0.6 is 15.9 Å². The number of hydrogen-bond acceptors (Lipinski definition) is 1. The van der Waals surface area contributed by atoms with Crippen LogP contribution in [0.2, 0.25) is 21.0 Å². The number of rotatable bonds is 5. The Morgan fingerprint density at radius 1 is 0.824 bits per heavy atom. The molecule has 0 atom stereocenters. The van der Waals surface area contributed by atoms with Gasteiger partial charge in [0, 0.05) is 0 Å². The molecule has 3 aliphatic rings. The van der Waals surface area contributed by atoms with Gasteiger partial charge < -0.3 is 0 Å². The summed E-state index contributed by atoms with van der Waals surface area (Å²) in [7, 11) is 0. The van der Waals surface area contributed by atoms with E-state index in [1.807, 2.05) is 0 Å². The molecule has 0 N–H and O–H groups in total. The first-order chi connectivity index (χ1) is 8.35. The van der Waals surface area contributed by atoms with Gasteiger partial charge in [-0.05, 0) is 0 Å². The average Bonchev–Trinajstić information content (AvgIpc) is 2.25. The molecular formula is C14H28BrGeN. The van der Waals surface area contributed by atoms with Crippen molar-refractivity contribution in [2.45, 2.75) is 59.5 Å². The Kier molecular flexibility index (Phi) is 6.39. The number of fused-ring (bicyclic) bond motifs is 6. The fraction of sp³-hybridized carbons (Fsp3) is 1.00. The van der Waals surface area contributed by atoms with Gasteiger partial charge in [-0.3, -0.25) is 0 Å². The molecule has 0 aliphatic carbocycles. The minimum atomic E-state index is -1.37. The molecular weight excluding hydrogens is 335 g/mol. The quantitative estimate of drug-likeness (QED) is 0.395. The zero-order valence-electron chi connectivity index (χ0n) is 11.2. The zero-order valence-corrected chi connectivity index (χ0v) is 14.9. The van der Waals surface area contributed by atoms with Gasteiger partial charge in [-0.2, -0.15) is 0 Å². The molecule has 0 radical (unpaired) electrons. The average molecular weight is 363 g/mol. The summed E-state index contributed by atoms with van der Waals surface area (Å²) >= 11 is 2.19. The van der Waals surface area contributed by atoms with Crippen molar-refractivity contribution in [3.05, 3.63) is 0 Å². The summed E-state index contributed by atoms with van der Waals surface area (Å²) in [5.41, 5.74) is 0. The fourth-order valence-electron chi connectivity index (χ4n) is 3.89. The van der Waals surface area contributed by atoms with Crippen molar-refractivity contribution >= 4 is 29.2 Å². The van der Waals surface area contributed by atoms with Gasteiger partial charge in [0.2, 0.25) is 0 Å². The van der Waals surface area contributed by atoms with Gasteiger partial charge in [0.15, 0.2) is 0 Å². The van der Waals surface area contributed by atoms with Crippen LogP contribution in [0.4, 0.5) is 0 Å². The van der Waals surface area contributed by atoms with E-state index in [4.69, 9.17) is 0 Å².